The van der Waals surface area contributed by atoms with Crippen molar-refractivity contribution in [1.29, 1.82) is 0 Å². The van der Waals surface area contributed by atoms with E-state index in [-0.39, 0.29) is 23.7 Å². The molecule has 0 bridgehead atoms. The van der Waals surface area contributed by atoms with Crippen molar-refractivity contribution in [2.24, 2.45) is 0 Å². The van der Waals surface area contributed by atoms with Crippen LogP contribution in [0.25, 0.3) is 11.2 Å². The van der Waals surface area contributed by atoms with Crippen LogP contribution >= 0.6 is 0 Å². The lowest BCUT2D eigenvalue weighted by molar-refractivity contribution is 0.278. The molecule has 0 aliphatic heterocycles. The number of ether oxygens (including phenoxy) is 2. The van der Waals surface area contributed by atoms with Crippen molar-refractivity contribution in [3.63, 3.8) is 0 Å². The highest BCUT2D eigenvalue weighted by atomic mass is 16.5. The van der Waals surface area contributed by atoms with E-state index in [1.807, 2.05) is 0 Å². The summed E-state index contributed by atoms with van der Waals surface area (Å²) in [6, 6.07) is 6.73. The topological polar surface area (TPSA) is 122 Å². The molecule has 1 aromatic carbocycles. The van der Waals surface area contributed by atoms with Crippen molar-refractivity contribution in [2.45, 2.75) is 13.0 Å². The van der Waals surface area contributed by atoms with E-state index in [0.717, 1.165) is 4.57 Å². The molecule has 0 unspecified atom stereocenters. The summed E-state index contributed by atoms with van der Waals surface area (Å²) in [6.07, 6.45) is 1.19. The Morgan fingerprint density at radius 1 is 1.35 bits per heavy atom. The summed E-state index contributed by atoms with van der Waals surface area (Å²) in [5.74, 6) is 0.958. The van der Waals surface area contributed by atoms with E-state index in [4.69, 9.17) is 17.3 Å². The highest BCUT2D eigenvalue weighted by Crippen LogP contribution is 2.24. The van der Waals surface area contributed by atoms with Crippen LogP contribution in [0.4, 0.5) is 0 Å². The van der Waals surface area contributed by atoms with Crippen molar-refractivity contribution in [1.82, 2.24) is 19.5 Å². The number of fused-ring (bicyclic) bond motifs is 1. The maximum atomic E-state index is 12.5. The minimum absolute atomic E-state index is 0.00678. The predicted octanol–water partition coefficient (Wildman–Crippen LogP) is 1.15. The second-order valence-electron chi connectivity index (χ2n) is 5.24. The smallest absolute Gasteiger partial charge is 0.330 e. The van der Waals surface area contributed by atoms with Crippen molar-refractivity contribution >= 4 is 11.2 Å². The first-order valence-corrected chi connectivity index (χ1v) is 7.73. The number of nitrogens with zero attached hydrogens (tertiary/aromatic N) is 2. The van der Waals surface area contributed by atoms with Crippen molar-refractivity contribution in [3.8, 4) is 17.5 Å². The molecule has 0 saturated heterocycles. The first-order valence-electron chi connectivity index (χ1n) is 8.73. The summed E-state index contributed by atoms with van der Waals surface area (Å²) in [4.78, 5) is 33.7. The van der Waals surface area contributed by atoms with E-state index in [2.05, 4.69) is 21.5 Å². The lowest BCUT2D eigenvalue weighted by Gasteiger charge is -2.05. The number of H-pyrrole nitrogens is 2. The number of imidazole rings is 1. The molecule has 3 aromatic rings. The Kier molecular flexibility index (Phi) is 4.43. The van der Waals surface area contributed by atoms with Gasteiger partial charge in [-0.15, -0.1) is 0 Å². The molecule has 26 heavy (non-hydrogen) atoms. The molecule has 2 heterocycles. The number of aromatic amines is 2. The lowest BCUT2D eigenvalue weighted by Crippen LogP contribution is -2.35. The molecule has 3 N–H and O–H groups in total. The van der Waals surface area contributed by atoms with E-state index in [1.165, 1.54) is 0 Å². The highest BCUT2D eigenvalue weighted by molar-refractivity contribution is 5.69. The van der Waals surface area contributed by atoms with Gasteiger partial charge in [0.15, 0.2) is 11.2 Å². The largest absolute Gasteiger partial charge is 0.489 e. The number of hydrogen-bond acceptors (Lipinski definition) is 6. The van der Waals surface area contributed by atoms with Gasteiger partial charge < -0.3 is 19.6 Å². The van der Waals surface area contributed by atoms with Crippen molar-refractivity contribution in [2.75, 3.05) is 13.2 Å². The van der Waals surface area contributed by atoms with E-state index in [1.54, 1.807) is 30.3 Å². The molecule has 0 atom stereocenters. The SMILES string of the molecule is [2H]C([2H])(O)CCn1c(=O)[nH]c2nc(Oc3cccc(OCC=C)c3)[nH]c2c1=O. The van der Waals surface area contributed by atoms with Gasteiger partial charge in [-0.1, -0.05) is 18.7 Å². The van der Waals surface area contributed by atoms with Crippen molar-refractivity contribution in [3.05, 3.63) is 57.8 Å². The summed E-state index contributed by atoms with van der Waals surface area (Å²) in [7, 11) is 0. The Hall–Kier alpha value is -3.33. The molecule has 3 rings (SSSR count). The van der Waals surface area contributed by atoms with Gasteiger partial charge in [0.2, 0.25) is 0 Å². The molecule has 0 amide bonds. The maximum Gasteiger partial charge on any atom is 0.330 e. The molecule has 9 nitrogen and oxygen atoms in total. The van der Waals surface area contributed by atoms with Crippen LogP contribution in [-0.2, 0) is 6.54 Å². The van der Waals surface area contributed by atoms with Crippen LogP contribution < -0.4 is 20.7 Å². The highest BCUT2D eigenvalue weighted by Gasteiger charge is 2.13. The fourth-order valence-corrected chi connectivity index (χ4v) is 2.30. The molecular formula is C17H18N4O5. The molecule has 0 fully saturated rings. The van der Waals surface area contributed by atoms with Crippen LogP contribution in [0.3, 0.4) is 0 Å². The van der Waals surface area contributed by atoms with Gasteiger partial charge in [0, 0.05) is 19.2 Å². The molecule has 0 aliphatic carbocycles. The third-order valence-corrected chi connectivity index (χ3v) is 3.45. The summed E-state index contributed by atoms with van der Waals surface area (Å²) in [5, 5.41) is 9.17. The van der Waals surface area contributed by atoms with E-state index >= 15 is 0 Å². The standard InChI is InChI=1S/C17H18N4O5/c1-2-9-25-11-5-3-6-12(10-11)26-16-18-13-14(19-16)20-17(24)21(15(13)23)7-4-8-22/h2-3,5-6,10,22H,1,4,7-9H2,(H,18,19)(H,20,24)/i8D2. The van der Waals surface area contributed by atoms with Gasteiger partial charge in [-0.3, -0.25) is 14.3 Å². The zero-order chi connectivity index (χ0) is 20.3. The minimum atomic E-state index is -2.50. The number of aromatic nitrogens is 4. The fraction of sp³-hybridized carbons (Fsp3) is 0.235. The molecule has 0 spiro atoms. The van der Waals surface area contributed by atoms with Gasteiger partial charge in [-0.25, -0.2) is 4.79 Å². The summed E-state index contributed by atoms with van der Waals surface area (Å²) in [6.45, 7) is 1.11. The van der Waals surface area contributed by atoms with Gasteiger partial charge >= 0.3 is 11.7 Å². The van der Waals surface area contributed by atoms with Crippen LogP contribution in [0.2, 0.25) is 0 Å². The van der Waals surface area contributed by atoms with E-state index in [9.17, 15) is 9.59 Å². The Bertz CT molecular complexity index is 1110. The summed E-state index contributed by atoms with van der Waals surface area (Å²) < 4.78 is 26.0. The molecule has 0 aliphatic rings. The van der Waals surface area contributed by atoms with Crippen molar-refractivity contribution < 1.29 is 17.3 Å². The average molecular weight is 360 g/mol. The molecule has 0 radical (unpaired) electrons. The first-order chi connectivity index (χ1) is 13.3. The second kappa shape index (κ2) is 7.70. The Morgan fingerprint density at radius 2 is 2.15 bits per heavy atom. The third-order valence-electron chi connectivity index (χ3n) is 3.45. The molecule has 136 valence electrons. The number of aliphatic hydroxyl groups is 1. The minimum Gasteiger partial charge on any atom is -0.489 e. The molecular weight excluding hydrogens is 340 g/mol. The summed E-state index contributed by atoms with van der Waals surface area (Å²) >= 11 is 0. The van der Waals surface area contributed by atoms with Gasteiger partial charge in [0.25, 0.3) is 5.56 Å². The van der Waals surface area contributed by atoms with Crippen LogP contribution in [0, 0.1) is 0 Å². The zero-order valence-electron chi connectivity index (χ0n) is 15.7. The maximum absolute atomic E-state index is 12.5. The van der Waals surface area contributed by atoms with Crippen LogP contribution in [0.5, 0.6) is 17.5 Å². The fourth-order valence-electron chi connectivity index (χ4n) is 2.30. The lowest BCUT2D eigenvalue weighted by atomic mass is 10.3. The Labute approximate surface area is 150 Å². The van der Waals surface area contributed by atoms with Gasteiger partial charge in [-0.2, -0.15) is 4.98 Å². The first kappa shape index (κ1) is 15.0. The van der Waals surface area contributed by atoms with Gasteiger partial charge in [0.1, 0.15) is 18.1 Å². The van der Waals surface area contributed by atoms with Crippen LogP contribution in [-0.4, -0.2) is 37.8 Å². The number of hydrogen-bond donors (Lipinski definition) is 3. The normalized spacial score (nSPS) is 12.5. The van der Waals surface area contributed by atoms with Gasteiger partial charge in [0.05, 0.1) is 2.74 Å². The molecule has 2 aromatic heterocycles. The third kappa shape index (κ3) is 3.67. The van der Waals surface area contributed by atoms with Crippen LogP contribution in [0.1, 0.15) is 9.16 Å². The summed E-state index contributed by atoms with van der Waals surface area (Å²) in [5.41, 5.74) is -1.47. The predicted molar refractivity (Wildman–Crippen MR) is 94.9 cm³/mol. The molecule has 0 saturated carbocycles. The average Bonchev–Trinajstić information content (AvgIpc) is 3.01. The number of rotatable bonds is 8. The molecule has 9 heteroatoms. The quantitative estimate of drug-likeness (QED) is 0.518. The van der Waals surface area contributed by atoms with Crippen LogP contribution in [0.15, 0.2) is 46.5 Å². The Morgan fingerprint density at radius 3 is 2.92 bits per heavy atom. The monoisotopic (exact) mass is 360 g/mol. The number of benzene rings is 1. The van der Waals surface area contributed by atoms with Gasteiger partial charge in [-0.05, 0) is 18.6 Å². The van der Waals surface area contributed by atoms with E-state index < -0.39 is 24.2 Å². The van der Waals surface area contributed by atoms with E-state index in [0.29, 0.717) is 18.1 Å². The Balaban J connectivity index is 1.88. The second-order valence-corrected chi connectivity index (χ2v) is 5.24. The number of nitrogens with one attached hydrogen (secondary N) is 2. The zero-order valence-corrected chi connectivity index (χ0v) is 13.7.